The highest BCUT2D eigenvalue weighted by Gasteiger charge is 2.62. The number of hydrogen-bond donors (Lipinski definition) is 2. The van der Waals surface area contributed by atoms with Gasteiger partial charge in [-0.2, -0.15) is 0 Å². The molecule has 4 rings (SSSR count). The first-order chi connectivity index (χ1) is 11.1. The van der Waals surface area contributed by atoms with Crippen molar-refractivity contribution >= 4 is 34.4 Å². The average Bonchev–Trinajstić information content (AvgIpc) is 3.07. The van der Waals surface area contributed by atoms with Crippen molar-refractivity contribution in [2.24, 2.45) is 0 Å². The van der Waals surface area contributed by atoms with Gasteiger partial charge in [0.25, 0.3) is 5.91 Å². The number of amides is 1. The highest BCUT2D eigenvalue weighted by molar-refractivity contribution is 8.15. The number of hydrogen-bond acceptors (Lipinski definition) is 5. The van der Waals surface area contributed by atoms with E-state index in [-0.39, 0.29) is 11.0 Å². The number of para-hydroxylation sites is 1. The van der Waals surface area contributed by atoms with Gasteiger partial charge in [0.05, 0.1) is 0 Å². The number of anilines is 1. The van der Waals surface area contributed by atoms with E-state index in [0.717, 1.165) is 11.8 Å². The molecule has 6 heteroatoms. The molecule has 2 atom stereocenters. The molecule has 2 aromatic carbocycles. The number of carbonyl (C=O) groups is 2. The topological polar surface area (TPSA) is 79.2 Å². The third-order valence-corrected chi connectivity index (χ3v) is 5.14. The Labute approximate surface area is 136 Å². The first-order valence-electron chi connectivity index (χ1n) is 7.07. The Bertz CT molecular complexity index is 837. The molecule has 2 unspecified atom stereocenters. The maximum atomic E-state index is 12.9. The van der Waals surface area contributed by atoms with Gasteiger partial charge in [-0.25, -0.2) is 0 Å². The van der Waals surface area contributed by atoms with Gasteiger partial charge in [0.1, 0.15) is 5.25 Å². The van der Waals surface area contributed by atoms with Gasteiger partial charge in [-0.05, 0) is 6.07 Å². The Morgan fingerprint density at radius 1 is 1.13 bits per heavy atom. The van der Waals surface area contributed by atoms with Crippen molar-refractivity contribution in [2.75, 3.05) is 5.32 Å². The molecule has 1 saturated heterocycles. The molecule has 2 aliphatic rings. The van der Waals surface area contributed by atoms with Gasteiger partial charge in [-0.1, -0.05) is 60.3 Å². The van der Waals surface area contributed by atoms with Crippen LogP contribution >= 0.6 is 11.8 Å². The monoisotopic (exact) mass is 324 g/mol. The van der Waals surface area contributed by atoms with E-state index < -0.39 is 16.8 Å². The van der Waals surface area contributed by atoms with Crippen molar-refractivity contribution in [3.63, 3.8) is 0 Å². The number of nitrogens with one attached hydrogen (secondary N) is 2. The lowest BCUT2D eigenvalue weighted by Crippen LogP contribution is -2.46. The predicted molar refractivity (Wildman–Crippen MR) is 87.7 cm³/mol. The van der Waals surface area contributed by atoms with Crippen molar-refractivity contribution in [1.82, 2.24) is 0 Å². The van der Waals surface area contributed by atoms with Crippen LogP contribution in [-0.2, 0) is 15.1 Å². The summed E-state index contributed by atoms with van der Waals surface area (Å²) in [4.78, 5) is 25.6. The fourth-order valence-corrected chi connectivity index (χ4v) is 4.11. The molecule has 0 radical (unpaired) electrons. The summed E-state index contributed by atoms with van der Waals surface area (Å²) in [5.74, 6) is -0.618. The molecule has 5 nitrogen and oxygen atoms in total. The Morgan fingerprint density at radius 2 is 1.83 bits per heavy atom. The van der Waals surface area contributed by atoms with Gasteiger partial charge in [-0.15, -0.1) is 0 Å². The highest BCUT2D eigenvalue weighted by Crippen LogP contribution is 2.51. The molecular weight excluding hydrogens is 312 g/mol. The van der Waals surface area contributed by atoms with Gasteiger partial charge < -0.3 is 10.1 Å². The third-order valence-electron chi connectivity index (χ3n) is 4.06. The molecule has 1 amide bonds. The summed E-state index contributed by atoms with van der Waals surface area (Å²) in [5, 5.41) is 9.69. The molecule has 2 aromatic rings. The van der Waals surface area contributed by atoms with E-state index in [0.29, 0.717) is 16.8 Å². The van der Waals surface area contributed by atoms with Crippen molar-refractivity contribution in [3.05, 3.63) is 65.7 Å². The summed E-state index contributed by atoms with van der Waals surface area (Å²) >= 11 is 0.983. The molecule has 0 bridgehead atoms. The molecule has 114 valence electrons. The van der Waals surface area contributed by atoms with E-state index in [1.54, 1.807) is 48.5 Å². The Morgan fingerprint density at radius 3 is 2.61 bits per heavy atom. The standard InChI is InChI=1S/C17H12N2O3S/c18-16-22-17(11-8-4-5-9-12(11)19-15(17)21)14(23-16)13(20)10-6-2-1-3-7-10/h1-9,14,18H,(H,19,21). The van der Waals surface area contributed by atoms with Crippen molar-refractivity contribution < 1.29 is 14.3 Å². The van der Waals surface area contributed by atoms with E-state index in [1.165, 1.54) is 0 Å². The van der Waals surface area contributed by atoms with Gasteiger partial charge in [0, 0.05) is 16.8 Å². The molecule has 1 spiro atoms. The highest BCUT2D eigenvalue weighted by atomic mass is 32.2. The lowest BCUT2D eigenvalue weighted by molar-refractivity contribution is -0.130. The Balaban J connectivity index is 1.86. The minimum atomic E-state index is -1.47. The van der Waals surface area contributed by atoms with E-state index in [2.05, 4.69) is 5.32 Å². The van der Waals surface area contributed by atoms with E-state index in [9.17, 15) is 9.59 Å². The minimum absolute atomic E-state index is 0.119. The van der Waals surface area contributed by atoms with Gasteiger partial charge >= 0.3 is 0 Å². The fourth-order valence-electron chi connectivity index (χ4n) is 3.02. The Kier molecular flexibility index (Phi) is 3.02. The largest absolute Gasteiger partial charge is 0.450 e. The number of fused-ring (bicyclic) bond motifs is 2. The molecule has 1 fully saturated rings. The van der Waals surface area contributed by atoms with Gasteiger partial charge in [0.2, 0.25) is 10.8 Å². The molecule has 0 saturated carbocycles. The number of carbonyl (C=O) groups excluding carboxylic acids is 2. The fraction of sp³-hybridized carbons (Fsp3) is 0.118. The van der Waals surface area contributed by atoms with Crippen LogP contribution in [-0.4, -0.2) is 22.2 Å². The lowest BCUT2D eigenvalue weighted by atomic mass is 9.87. The minimum Gasteiger partial charge on any atom is -0.450 e. The Hall–Kier alpha value is -2.60. The van der Waals surface area contributed by atoms with Crippen LogP contribution in [0.5, 0.6) is 0 Å². The second-order valence-corrected chi connectivity index (χ2v) is 6.43. The van der Waals surface area contributed by atoms with Crippen LogP contribution in [0.25, 0.3) is 0 Å². The van der Waals surface area contributed by atoms with Crippen LogP contribution in [0, 0.1) is 5.41 Å². The van der Waals surface area contributed by atoms with Gasteiger partial charge in [0.15, 0.2) is 5.78 Å². The number of thioether (sulfide) groups is 1. The molecule has 0 aromatic heterocycles. The number of Topliss-reactive ketones (excluding diaryl/α,β-unsaturated/α-hetero) is 1. The first-order valence-corrected chi connectivity index (χ1v) is 7.95. The van der Waals surface area contributed by atoms with Crippen LogP contribution < -0.4 is 5.32 Å². The summed E-state index contributed by atoms with van der Waals surface area (Å²) in [5.41, 5.74) is 0.262. The van der Waals surface area contributed by atoms with Crippen LogP contribution in [0.1, 0.15) is 15.9 Å². The molecule has 2 heterocycles. The van der Waals surface area contributed by atoms with E-state index in [1.807, 2.05) is 6.07 Å². The molecule has 2 aliphatic heterocycles. The second kappa shape index (κ2) is 4.96. The summed E-state index contributed by atoms with van der Waals surface area (Å²) in [6.07, 6.45) is 0. The maximum absolute atomic E-state index is 12.9. The number of ether oxygens (including phenoxy) is 1. The lowest BCUT2D eigenvalue weighted by Gasteiger charge is -2.25. The number of benzene rings is 2. The third kappa shape index (κ3) is 1.91. The average molecular weight is 324 g/mol. The van der Waals surface area contributed by atoms with Crippen LogP contribution in [0.4, 0.5) is 5.69 Å². The molecule has 23 heavy (non-hydrogen) atoms. The first kappa shape index (κ1) is 14.0. The molecule has 0 aliphatic carbocycles. The summed E-state index contributed by atoms with van der Waals surface area (Å²) in [6, 6.07) is 15.9. The summed E-state index contributed by atoms with van der Waals surface area (Å²) in [7, 11) is 0. The predicted octanol–water partition coefficient (Wildman–Crippen LogP) is 2.78. The quantitative estimate of drug-likeness (QED) is 0.833. The SMILES string of the molecule is N=C1OC2(C(=O)Nc3ccccc32)C(C(=O)c2ccccc2)S1. The van der Waals surface area contributed by atoms with Crippen LogP contribution in [0.2, 0.25) is 0 Å². The number of ketones is 1. The van der Waals surface area contributed by atoms with Crippen molar-refractivity contribution in [2.45, 2.75) is 10.9 Å². The zero-order chi connectivity index (χ0) is 16.0. The number of rotatable bonds is 2. The van der Waals surface area contributed by atoms with Gasteiger partial charge in [-0.3, -0.25) is 15.0 Å². The molecule has 2 N–H and O–H groups in total. The molecular formula is C17H12N2O3S. The smallest absolute Gasteiger partial charge is 0.275 e. The van der Waals surface area contributed by atoms with Crippen LogP contribution in [0.15, 0.2) is 54.6 Å². The van der Waals surface area contributed by atoms with E-state index >= 15 is 0 Å². The van der Waals surface area contributed by atoms with Crippen molar-refractivity contribution in [1.29, 1.82) is 5.41 Å². The van der Waals surface area contributed by atoms with E-state index in [4.69, 9.17) is 10.1 Å². The van der Waals surface area contributed by atoms with Crippen molar-refractivity contribution in [3.8, 4) is 0 Å². The summed E-state index contributed by atoms with van der Waals surface area (Å²) < 4.78 is 5.62. The zero-order valence-electron chi connectivity index (χ0n) is 11.9. The maximum Gasteiger partial charge on any atom is 0.275 e. The zero-order valence-corrected chi connectivity index (χ0v) is 12.7. The second-order valence-electron chi connectivity index (χ2n) is 5.35. The summed E-state index contributed by atoms with van der Waals surface area (Å²) in [6.45, 7) is 0. The normalized spacial score (nSPS) is 25.1. The van der Waals surface area contributed by atoms with Crippen LogP contribution in [0.3, 0.4) is 0 Å².